The average Bonchev–Trinajstić information content (AvgIpc) is 2.76. The van der Waals surface area contributed by atoms with Crippen molar-refractivity contribution >= 4 is 46.6 Å². The molecule has 1 saturated heterocycles. The molecule has 0 unspecified atom stereocenters. The molecule has 1 aliphatic heterocycles. The highest BCUT2D eigenvalue weighted by Gasteiger charge is 2.20. The topological polar surface area (TPSA) is 113 Å². The normalized spacial score (nSPS) is 12.3. The van der Waals surface area contributed by atoms with Gasteiger partial charge in [-0.15, -0.1) is 0 Å². The number of carbonyl (C=O) groups excluding carboxylic acids is 3. The lowest BCUT2D eigenvalue weighted by Crippen LogP contribution is -2.44. The van der Waals surface area contributed by atoms with Crippen molar-refractivity contribution in [1.82, 2.24) is 9.88 Å². The Balaban J connectivity index is 1.31. The predicted molar refractivity (Wildman–Crippen MR) is 129 cm³/mol. The highest BCUT2D eigenvalue weighted by atomic mass is 35.5. The summed E-state index contributed by atoms with van der Waals surface area (Å²) in [5.41, 5.74) is 0.680. The van der Waals surface area contributed by atoms with Crippen LogP contribution in [0.2, 0.25) is 5.02 Å². The first-order chi connectivity index (χ1) is 16.9. The van der Waals surface area contributed by atoms with Gasteiger partial charge in [0.25, 0.3) is 0 Å². The third-order valence-electron chi connectivity index (χ3n) is 5.01. The summed E-state index contributed by atoms with van der Waals surface area (Å²) in [5, 5.41) is 8.00. The molecule has 1 aromatic heterocycles. The zero-order valence-corrected chi connectivity index (χ0v) is 19.1. The standard InChI is InChI=1S/C24H21ClFN5O4/c25-19-12-17(35-18-8-9-27-21(13-18)30-24(34)31-10-1-11-31)6-7-20(19)29-23(33)14-22(32)28-16-4-2-15(26)3-5-16/h2-9,12-13H,1,10-11,14H2,(H,28,32)(H,29,33)(H,27,30,34). The van der Waals surface area contributed by atoms with Crippen molar-refractivity contribution < 1.29 is 23.5 Å². The van der Waals surface area contributed by atoms with E-state index in [1.54, 1.807) is 29.2 Å². The van der Waals surface area contributed by atoms with E-state index in [4.69, 9.17) is 16.3 Å². The van der Waals surface area contributed by atoms with Crippen LogP contribution in [0.25, 0.3) is 0 Å². The summed E-state index contributed by atoms with van der Waals surface area (Å²) in [4.78, 5) is 42.1. The molecule has 2 heterocycles. The number of nitrogens with zero attached hydrogens (tertiary/aromatic N) is 2. The van der Waals surface area contributed by atoms with Crippen LogP contribution in [0, 0.1) is 5.82 Å². The van der Waals surface area contributed by atoms with E-state index in [0.717, 1.165) is 19.5 Å². The van der Waals surface area contributed by atoms with Crippen LogP contribution in [0.5, 0.6) is 11.5 Å². The maximum Gasteiger partial charge on any atom is 0.323 e. The van der Waals surface area contributed by atoms with Crippen LogP contribution in [-0.2, 0) is 9.59 Å². The summed E-state index contributed by atoms with van der Waals surface area (Å²) < 4.78 is 18.7. The fourth-order valence-corrected chi connectivity index (χ4v) is 3.34. The number of hydrogen-bond donors (Lipinski definition) is 3. The average molecular weight is 498 g/mol. The predicted octanol–water partition coefficient (Wildman–Crippen LogP) is 4.87. The molecule has 0 saturated carbocycles. The van der Waals surface area contributed by atoms with E-state index in [1.165, 1.54) is 36.5 Å². The van der Waals surface area contributed by atoms with Gasteiger partial charge in [0.15, 0.2) is 0 Å². The van der Waals surface area contributed by atoms with Crippen molar-refractivity contribution in [2.75, 3.05) is 29.0 Å². The molecule has 4 rings (SSSR count). The Kier molecular flexibility index (Phi) is 7.41. The lowest BCUT2D eigenvalue weighted by Gasteiger charge is -2.30. The summed E-state index contributed by atoms with van der Waals surface area (Å²) in [6, 6.07) is 12.8. The van der Waals surface area contributed by atoms with Gasteiger partial charge in [-0.2, -0.15) is 0 Å². The molecule has 0 atom stereocenters. The number of hydrogen-bond acceptors (Lipinski definition) is 5. The van der Waals surface area contributed by atoms with Gasteiger partial charge in [-0.1, -0.05) is 11.6 Å². The Labute approximate surface area is 205 Å². The number of nitrogens with one attached hydrogen (secondary N) is 3. The van der Waals surface area contributed by atoms with Crippen LogP contribution in [0.4, 0.5) is 26.4 Å². The molecule has 3 aromatic rings. The Bertz CT molecular complexity index is 1250. The first-order valence-electron chi connectivity index (χ1n) is 10.7. The number of benzene rings is 2. The highest BCUT2D eigenvalue weighted by Crippen LogP contribution is 2.30. The van der Waals surface area contributed by atoms with Crippen LogP contribution < -0.4 is 20.7 Å². The summed E-state index contributed by atoms with van der Waals surface area (Å²) >= 11 is 6.27. The van der Waals surface area contributed by atoms with Gasteiger partial charge in [-0.3, -0.25) is 14.9 Å². The number of anilines is 3. The summed E-state index contributed by atoms with van der Waals surface area (Å²) in [7, 11) is 0. The van der Waals surface area contributed by atoms with Crippen LogP contribution in [0.15, 0.2) is 60.8 Å². The fourth-order valence-electron chi connectivity index (χ4n) is 3.13. The van der Waals surface area contributed by atoms with Crippen LogP contribution in [0.3, 0.4) is 0 Å². The lowest BCUT2D eigenvalue weighted by atomic mass is 10.2. The number of urea groups is 1. The Morgan fingerprint density at radius 2 is 1.66 bits per heavy atom. The van der Waals surface area contributed by atoms with Crippen molar-refractivity contribution in [3.05, 3.63) is 71.6 Å². The smallest absolute Gasteiger partial charge is 0.323 e. The molecule has 35 heavy (non-hydrogen) atoms. The van der Waals surface area contributed by atoms with Crippen LogP contribution in [-0.4, -0.2) is 40.8 Å². The van der Waals surface area contributed by atoms with Gasteiger partial charge >= 0.3 is 6.03 Å². The minimum Gasteiger partial charge on any atom is -0.457 e. The molecule has 0 aliphatic carbocycles. The lowest BCUT2D eigenvalue weighted by molar-refractivity contribution is -0.123. The molecule has 180 valence electrons. The number of aromatic nitrogens is 1. The minimum absolute atomic E-state index is 0.204. The molecule has 0 radical (unpaired) electrons. The summed E-state index contributed by atoms with van der Waals surface area (Å²) in [6.45, 7) is 1.45. The maximum absolute atomic E-state index is 13.0. The Morgan fingerprint density at radius 3 is 2.34 bits per heavy atom. The second-order valence-electron chi connectivity index (χ2n) is 7.67. The molecular formula is C24H21ClFN5O4. The van der Waals surface area contributed by atoms with E-state index < -0.39 is 24.1 Å². The van der Waals surface area contributed by atoms with E-state index in [-0.39, 0.29) is 11.1 Å². The molecule has 9 nitrogen and oxygen atoms in total. The Hall–Kier alpha value is -4.18. The number of likely N-dealkylation sites (tertiary alicyclic amines) is 1. The van der Waals surface area contributed by atoms with Crippen LogP contribution in [0.1, 0.15) is 12.8 Å². The van der Waals surface area contributed by atoms with Gasteiger partial charge < -0.3 is 20.3 Å². The number of carbonyl (C=O) groups is 3. The molecule has 4 amide bonds. The summed E-state index contributed by atoms with van der Waals surface area (Å²) in [6.07, 6.45) is 2.05. The molecule has 0 bridgehead atoms. The summed E-state index contributed by atoms with van der Waals surface area (Å²) in [5.74, 6) is -0.372. The molecule has 1 fully saturated rings. The zero-order valence-electron chi connectivity index (χ0n) is 18.4. The number of halogens is 2. The van der Waals surface area contributed by atoms with Crippen molar-refractivity contribution in [2.45, 2.75) is 12.8 Å². The molecular weight excluding hydrogens is 477 g/mol. The third kappa shape index (κ3) is 6.67. The molecule has 3 N–H and O–H groups in total. The molecule has 0 spiro atoms. The first kappa shape index (κ1) is 24.0. The molecule has 1 aliphatic rings. The molecule has 11 heteroatoms. The third-order valence-corrected chi connectivity index (χ3v) is 5.32. The maximum atomic E-state index is 13.0. The number of ether oxygens (including phenoxy) is 1. The van der Waals surface area contributed by atoms with Gasteiger partial charge in [0.05, 0.1) is 10.7 Å². The van der Waals surface area contributed by atoms with Gasteiger partial charge in [-0.05, 0) is 48.9 Å². The number of amides is 4. The van der Waals surface area contributed by atoms with Gasteiger partial charge in [0, 0.05) is 37.1 Å². The van der Waals surface area contributed by atoms with E-state index in [2.05, 4.69) is 20.9 Å². The quantitative estimate of drug-likeness (QED) is 0.403. The van der Waals surface area contributed by atoms with Crippen LogP contribution >= 0.6 is 11.6 Å². The highest BCUT2D eigenvalue weighted by molar-refractivity contribution is 6.34. The van der Waals surface area contributed by atoms with Crippen molar-refractivity contribution in [3.8, 4) is 11.5 Å². The monoisotopic (exact) mass is 497 g/mol. The zero-order chi connectivity index (χ0) is 24.8. The fraction of sp³-hybridized carbons (Fsp3) is 0.167. The van der Waals surface area contributed by atoms with Crippen molar-refractivity contribution in [1.29, 1.82) is 0 Å². The second-order valence-corrected chi connectivity index (χ2v) is 8.08. The van der Waals surface area contributed by atoms with Crippen molar-refractivity contribution in [2.24, 2.45) is 0 Å². The van der Waals surface area contributed by atoms with Gasteiger partial charge in [0.2, 0.25) is 11.8 Å². The largest absolute Gasteiger partial charge is 0.457 e. The Morgan fingerprint density at radius 1 is 0.943 bits per heavy atom. The number of pyridine rings is 1. The van der Waals surface area contributed by atoms with Gasteiger partial charge in [0.1, 0.15) is 29.6 Å². The van der Waals surface area contributed by atoms with E-state index in [1.807, 2.05) is 0 Å². The van der Waals surface area contributed by atoms with Crippen molar-refractivity contribution in [3.63, 3.8) is 0 Å². The van der Waals surface area contributed by atoms with E-state index >= 15 is 0 Å². The van der Waals surface area contributed by atoms with E-state index in [0.29, 0.717) is 28.7 Å². The van der Waals surface area contributed by atoms with Gasteiger partial charge in [-0.25, -0.2) is 14.2 Å². The first-order valence-corrected chi connectivity index (χ1v) is 11.1. The second kappa shape index (κ2) is 10.8. The minimum atomic E-state index is -0.572. The SMILES string of the molecule is O=C(CC(=O)Nc1ccc(Oc2ccnc(NC(=O)N3CCC3)c2)cc1Cl)Nc1ccc(F)cc1. The van der Waals surface area contributed by atoms with E-state index in [9.17, 15) is 18.8 Å². The number of rotatable bonds is 7. The molecule has 2 aromatic carbocycles.